The lowest BCUT2D eigenvalue weighted by Gasteiger charge is -2.16. The van der Waals surface area contributed by atoms with Gasteiger partial charge in [0, 0.05) is 42.5 Å². The van der Waals surface area contributed by atoms with Crippen LogP contribution in [0.2, 0.25) is 0 Å². The molecule has 7 nitrogen and oxygen atoms in total. The van der Waals surface area contributed by atoms with E-state index in [9.17, 15) is 18.0 Å². The van der Waals surface area contributed by atoms with Gasteiger partial charge in [-0.15, -0.1) is 0 Å². The molecule has 0 unspecified atom stereocenters. The minimum atomic E-state index is -3.74. The van der Waals surface area contributed by atoms with Gasteiger partial charge in [0.05, 0.1) is 4.90 Å². The normalized spacial score (nSPS) is 18.2. The fourth-order valence-corrected chi connectivity index (χ4v) is 4.45. The van der Waals surface area contributed by atoms with E-state index in [1.54, 1.807) is 24.0 Å². The average molecular weight is 363 g/mol. The summed E-state index contributed by atoms with van der Waals surface area (Å²) in [6.07, 6.45) is 1.02. The van der Waals surface area contributed by atoms with Crippen molar-refractivity contribution in [3.05, 3.63) is 40.2 Å². The number of sulfonamides is 1. The largest absolute Gasteiger partial charge is 0.341 e. The molecule has 1 aromatic carbocycles. The number of nitrogens with one attached hydrogen (secondary N) is 2. The first-order chi connectivity index (χ1) is 11.8. The lowest BCUT2D eigenvalue weighted by molar-refractivity contribution is -0.127. The maximum absolute atomic E-state index is 12.7. The number of aryl methyl sites for hydroxylation is 1. The molecule has 1 aliphatic heterocycles. The second-order valence-corrected chi connectivity index (χ2v) is 8.10. The Morgan fingerprint density at radius 1 is 1.28 bits per heavy atom. The minimum absolute atomic E-state index is 0.0264. The van der Waals surface area contributed by atoms with Crippen LogP contribution in [0.1, 0.15) is 25.3 Å². The van der Waals surface area contributed by atoms with E-state index in [4.69, 9.17) is 0 Å². The quantitative estimate of drug-likeness (QED) is 0.832. The maximum atomic E-state index is 12.7. The number of rotatable bonds is 5. The van der Waals surface area contributed by atoms with Gasteiger partial charge >= 0.3 is 0 Å². The standard InChI is InChI=1S/C17H21N3O4S/c1-3-6-20-10-12(8-17(20)22)19-25(23,24)13-4-5-15-14(9-13)11(2)7-16(21)18-15/h4-5,7,9,12,19H,3,6,8,10H2,1-2H3,(H,18,21)/t12-/m1/s1. The number of benzene rings is 1. The van der Waals surface area contributed by atoms with Gasteiger partial charge in [-0.25, -0.2) is 13.1 Å². The smallest absolute Gasteiger partial charge is 0.248 e. The molecule has 1 atom stereocenters. The molecule has 0 saturated carbocycles. The summed E-state index contributed by atoms with van der Waals surface area (Å²) < 4.78 is 28.0. The fourth-order valence-electron chi connectivity index (χ4n) is 3.19. The van der Waals surface area contributed by atoms with Crippen molar-refractivity contribution in [2.24, 2.45) is 0 Å². The summed E-state index contributed by atoms with van der Waals surface area (Å²) in [7, 11) is -3.74. The number of nitrogens with zero attached hydrogens (tertiary/aromatic N) is 1. The summed E-state index contributed by atoms with van der Waals surface area (Å²) >= 11 is 0. The van der Waals surface area contributed by atoms with Gasteiger partial charge in [-0.3, -0.25) is 9.59 Å². The van der Waals surface area contributed by atoms with Crippen LogP contribution in [0.15, 0.2) is 34.0 Å². The van der Waals surface area contributed by atoms with E-state index < -0.39 is 16.1 Å². The number of hydrogen-bond acceptors (Lipinski definition) is 4. The Morgan fingerprint density at radius 3 is 2.76 bits per heavy atom. The van der Waals surface area contributed by atoms with Crippen LogP contribution in [0.5, 0.6) is 0 Å². The molecule has 8 heteroatoms. The molecule has 1 aromatic heterocycles. The third-order valence-corrected chi connectivity index (χ3v) is 5.88. The number of likely N-dealkylation sites (tertiary alicyclic amines) is 1. The van der Waals surface area contributed by atoms with Crippen molar-refractivity contribution in [3.63, 3.8) is 0 Å². The van der Waals surface area contributed by atoms with Gasteiger partial charge in [-0.2, -0.15) is 0 Å². The molecule has 2 heterocycles. The van der Waals surface area contributed by atoms with Gasteiger partial charge in [-0.05, 0) is 37.1 Å². The SMILES string of the molecule is CCCN1C[C@H](NS(=O)(=O)c2ccc3[nH]c(=O)cc(C)c3c2)CC1=O. The monoisotopic (exact) mass is 363 g/mol. The van der Waals surface area contributed by atoms with Crippen LogP contribution < -0.4 is 10.3 Å². The zero-order valence-electron chi connectivity index (χ0n) is 14.2. The van der Waals surface area contributed by atoms with Gasteiger partial charge in [-0.1, -0.05) is 6.92 Å². The van der Waals surface area contributed by atoms with E-state index in [1.165, 1.54) is 12.1 Å². The van der Waals surface area contributed by atoms with Crippen molar-refractivity contribution < 1.29 is 13.2 Å². The first-order valence-corrected chi connectivity index (χ1v) is 9.72. The summed E-state index contributed by atoms with van der Waals surface area (Å²) in [4.78, 5) is 27.9. The topological polar surface area (TPSA) is 99.3 Å². The number of fused-ring (bicyclic) bond motifs is 1. The average Bonchev–Trinajstić information content (AvgIpc) is 2.86. The zero-order chi connectivity index (χ0) is 18.2. The molecule has 1 aliphatic rings. The van der Waals surface area contributed by atoms with Crippen LogP contribution in [-0.2, 0) is 14.8 Å². The number of aromatic amines is 1. The van der Waals surface area contributed by atoms with Crippen molar-refractivity contribution in [1.29, 1.82) is 0 Å². The van der Waals surface area contributed by atoms with Crippen molar-refractivity contribution >= 4 is 26.8 Å². The number of aromatic nitrogens is 1. The Balaban J connectivity index is 1.87. The number of pyridine rings is 1. The molecule has 25 heavy (non-hydrogen) atoms. The molecule has 0 bridgehead atoms. The first kappa shape index (κ1) is 17.6. The lowest BCUT2D eigenvalue weighted by Crippen LogP contribution is -2.37. The van der Waals surface area contributed by atoms with Gasteiger partial charge in [0.1, 0.15) is 0 Å². The highest BCUT2D eigenvalue weighted by Gasteiger charge is 2.32. The molecular weight excluding hydrogens is 342 g/mol. The van der Waals surface area contributed by atoms with Crippen LogP contribution in [0.3, 0.4) is 0 Å². The molecule has 0 radical (unpaired) electrons. The highest BCUT2D eigenvalue weighted by atomic mass is 32.2. The van der Waals surface area contributed by atoms with E-state index in [0.717, 1.165) is 6.42 Å². The van der Waals surface area contributed by atoms with Crippen LogP contribution in [0, 0.1) is 6.92 Å². The molecule has 3 rings (SSSR count). The third-order valence-electron chi connectivity index (χ3n) is 4.36. The summed E-state index contributed by atoms with van der Waals surface area (Å²) in [5.41, 5.74) is 1.08. The number of hydrogen-bond donors (Lipinski definition) is 2. The van der Waals surface area contributed by atoms with Crippen molar-refractivity contribution in [2.75, 3.05) is 13.1 Å². The van der Waals surface area contributed by atoms with E-state index >= 15 is 0 Å². The summed E-state index contributed by atoms with van der Waals surface area (Å²) in [5.74, 6) is -0.0264. The maximum Gasteiger partial charge on any atom is 0.248 e. The molecule has 0 spiro atoms. The third kappa shape index (κ3) is 3.59. The number of carbonyl (C=O) groups excluding carboxylic acids is 1. The van der Waals surface area contributed by atoms with Crippen molar-refractivity contribution in [2.45, 2.75) is 37.6 Å². The second-order valence-electron chi connectivity index (χ2n) is 6.39. The minimum Gasteiger partial charge on any atom is -0.341 e. The number of H-pyrrole nitrogens is 1. The van der Waals surface area contributed by atoms with Crippen LogP contribution >= 0.6 is 0 Å². The Bertz CT molecular complexity index is 981. The van der Waals surface area contributed by atoms with E-state index in [0.29, 0.717) is 29.6 Å². The Labute approximate surface area is 146 Å². The molecule has 1 amide bonds. The first-order valence-electron chi connectivity index (χ1n) is 8.24. The summed E-state index contributed by atoms with van der Waals surface area (Å²) in [5, 5.41) is 0.678. The van der Waals surface area contributed by atoms with E-state index in [-0.39, 0.29) is 22.8 Å². The molecule has 2 N–H and O–H groups in total. The molecule has 1 saturated heterocycles. The van der Waals surface area contributed by atoms with Gasteiger partial charge < -0.3 is 9.88 Å². The molecule has 0 aliphatic carbocycles. The highest BCUT2D eigenvalue weighted by molar-refractivity contribution is 7.89. The fraction of sp³-hybridized carbons (Fsp3) is 0.412. The Morgan fingerprint density at radius 2 is 2.04 bits per heavy atom. The van der Waals surface area contributed by atoms with Gasteiger partial charge in [0.25, 0.3) is 0 Å². The molecule has 1 fully saturated rings. The van der Waals surface area contributed by atoms with Crippen LogP contribution in [0.4, 0.5) is 0 Å². The number of carbonyl (C=O) groups is 1. The van der Waals surface area contributed by atoms with Crippen LogP contribution in [0.25, 0.3) is 10.9 Å². The lowest BCUT2D eigenvalue weighted by atomic mass is 10.1. The van der Waals surface area contributed by atoms with Crippen LogP contribution in [-0.4, -0.2) is 43.3 Å². The van der Waals surface area contributed by atoms with Crippen molar-refractivity contribution in [1.82, 2.24) is 14.6 Å². The van der Waals surface area contributed by atoms with Gasteiger partial charge in [0.15, 0.2) is 0 Å². The number of amides is 1. The van der Waals surface area contributed by atoms with E-state index in [1.807, 2.05) is 6.92 Å². The predicted octanol–water partition coefficient (Wildman–Crippen LogP) is 1.13. The Hall–Kier alpha value is -2.19. The summed E-state index contributed by atoms with van der Waals surface area (Å²) in [6.45, 7) is 4.78. The highest BCUT2D eigenvalue weighted by Crippen LogP contribution is 2.21. The second kappa shape index (κ2) is 6.61. The van der Waals surface area contributed by atoms with Gasteiger partial charge in [0.2, 0.25) is 21.5 Å². The molecule has 2 aromatic rings. The summed E-state index contributed by atoms with van der Waals surface area (Å²) in [6, 6.07) is 5.60. The molecule has 134 valence electrons. The zero-order valence-corrected chi connectivity index (χ0v) is 15.0. The molecular formula is C17H21N3O4S. The predicted molar refractivity (Wildman–Crippen MR) is 94.9 cm³/mol. The van der Waals surface area contributed by atoms with E-state index in [2.05, 4.69) is 9.71 Å². The Kier molecular flexibility index (Phi) is 4.66. The van der Waals surface area contributed by atoms with Crippen molar-refractivity contribution in [3.8, 4) is 0 Å².